The molecule has 0 bridgehead atoms. The lowest BCUT2D eigenvalue weighted by molar-refractivity contribution is -0.134. The number of hydrogen-bond acceptors (Lipinski definition) is 4. The van der Waals surface area contributed by atoms with E-state index >= 15 is 0 Å². The van der Waals surface area contributed by atoms with E-state index in [0.29, 0.717) is 32.6 Å². The summed E-state index contributed by atoms with van der Waals surface area (Å²) >= 11 is 0. The Labute approximate surface area is 134 Å². The lowest BCUT2D eigenvalue weighted by Crippen LogP contribution is -2.56. The van der Waals surface area contributed by atoms with Crippen LogP contribution in [0.2, 0.25) is 0 Å². The topological polar surface area (TPSA) is 81.7 Å². The fraction of sp³-hybridized carbons (Fsp3) is 0.500. The van der Waals surface area contributed by atoms with Gasteiger partial charge in [-0.2, -0.15) is 0 Å². The zero-order valence-electron chi connectivity index (χ0n) is 12.9. The van der Waals surface area contributed by atoms with E-state index in [4.69, 9.17) is 5.11 Å². The zero-order valence-corrected chi connectivity index (χ0v) is 12.9. The Morgan fingerprint density at radius 3 is 3.04 bits per heavy atom. The number of aliphatic hydroxyl groups is 1. The van der Waals surface area contributed by atoms with Crippen molar-refractivity contribution in [3.63, 3.8) is 0 Å². The lowest BCUT2D eigenvalue weighted by Gasteiger charge is -2.34. The van der Waals surface area contributed by atoms with Crippen LogP contribution in [0, 0.1) is 5.82 Å². The molecule has 1 aromatic rings. The molecule has 1 saturated heterocycles. The first-order valence-electron chi connectivity index (χ1n) is 7.74. The molecule has 23 heavy (non-hydrogen) atoms. The molecule has 2 amide bonds. The molecule has 6 nitrogen and oxygen atoms in total. The second-order valence-electron chi connectivity index (χ2n) is 5.54. The van der Waals surface area contributed by atoms with Crippen molar-refractivity contribution in [2.75, 3.05) is 26.2 Å². The predicted molar refractivity (Wildman–Crippen MR) is 82.9 cm³/mol. The number of piperazine rings is 1. The van der Waals surface area contributed by atoms with Crippen molar-refractivity contribution in [3.8, 4) is 0 Å². The van der Waals surface area contributed by atoms with Gasteiger partial charge in [-0.05, 0) is 24.1 Å². The fourth-order valence-corrected chi connectivity index (χ4v) is 2.60. The molecule has 1 aliphatic rings. The van der Waals surface area contributed by atoms with Gasteiger partial charge in [-0.1, -0.05) is 12.1 Å². The minimum Gasteiger partial charge on any atom is -0.396 e. The van der Waals surface area contributed by atoms with Gasteiger partial charge in [0.1, 0.15) is 5.82 Å². The maximum atomic E-state index is 13.3. The van der Waals surface area contributed by atoms with Crippen molar-refractivity contribution in [1.29, 1.82) is 0 Å². The quantitative estimate of drug-likeness (QED) is 0.618. The summed E-state index contributed by atoms with van der Waals surface area (Å²) in [6.07, 6.45) is 0.530. The highest BCUT2D eigenvalue weighted by Crippen LogP contribution is 2.14. The molecule has 1 fully saturated rings. The Morgan fingerprint density at radius 1 is 1.48 bits per heavy atom. The maximum absolute atomic E-state index is 13.3. The zero-order chi connectivity index (χ0) is 16.7. The largest absolute Gasteiger partial charge is 0.396 e. The van der Waals surface area contributed by atoms with Gasteiger partial charge in [0, 0.05) is 32.8 Å². The van der Waals surface area contributed by atoms with Gasteiger partial charge in [0.05, 0.1) is 12.5 Å². The van der Waals surface area contributed by atoms with Crippen LogP contribution in [0.3, 0.4) is 0 Å². The van der Waals surface area contributed by atoms with Gasteiger partial charge in [-0.25, -0.2) is 4.39 Å². The van der Waals surface area contributed by atoms with Crippen molar-refractivity contribution in [2.45, 2.75) is 25.4 Å². The van der Waals surface area contributed by atoms with E-state index in [1.165, 1.54) is 12.1 Å². The Morgan fingerprint density at radius 2 is 2.30 bits per heavy atom. The number of hydrogen-bond donors (Lipinski definition) is 3. The smallest absolute Gasteiger partial charge is 0.237 e. The lowest BCUT2D eigenvalue weighted by atomic mass is 10.1. The van der Waals surface area contributed by atoms with Crippen LogP contribution < -0.4 is 10.6 Å². The second-order valence-corrected chi connectivity index (χ2v) is 5.54. The minimum absolute atomic E-state index is 0.00981. The van der Waals surface area contributed by atoms with Gasteiger partial charge < -0.3 is 15.7 Å². The number of aliphatic hydroxyl groups excluding tert-OH is 1. The molecule has 0 unspecified atom stereocenters. The highest BCUT2D eigenvalue weighted by Gasteiger charge is 2.31. The molecular formula is C16H22FN3O3. The van der Waals surface area contributed by atoms with Crippen LogP contribution in [-0.2, 0) is 16.1 Å². The Bertz CT molecular complexity index is 553. The molecule has 0 spiro atoms. The van der Waals surface area contributed by atoms with Crippen molar-refractivity contribution < 1.29 is 19.1 Å². The molecule has 7 heteroatoms. The Kier molecular flexibility index (Phi) is 6.49. The summed E-state index contributed by atoms with van der Waals surface area (Å²) in [7, 11) is 0. The van der Waals surface area contributed by atoms with E-state index in [9.17, 15) is 14.0 Å². The summed E-state index contributed by atoms with van der Waals surface area (Å²) in [6, 6.07) is 5.67. The number of rotatable bonds is 7. The van der Waals surface area contributed by atoms with Gasteiger partial charge in [-0.15, -0.1) is 0 Å². The number of nitrogens with one attached hydrogen (secondary N) is 2. The third-order valence-corrected chi connectivity index (χ3v) is 3.75. The standard InChI is InChI=1S/C16H22FN3O3/c17-13-4-1-3-12(9-13)11-20-7-6-19-16(23)14(20)10-15(22)18-5-2-8-21/h1,3-4,9,14,21H,2,5-8,10-11H2,(H,18,22)(H,19,23)/t14-/m0/s1. The number of amides is 2. The van der Waals surface area contributed by atoms with Crippen LogP contribution in [0.4, 0.5) is 4.39 Å². The molecule has 3 N–H and O–H groups in total. The molecule has 0 saturated carbocycles. The van der Waals surface area contributed by atoms with E-state index < -0.39 is 6.04 Å². The van der Waals surface area contributed by atoms with Crippen molar-refractivity contribution >= 4 is 11.8 Å². The first-order valence-corrected chi connectivity index (χ1v) is 7.74. The number of halogens is 1. The monoisotopic (exact) mass is 323 g/mol. The van der Waals surface area contributed by atoms with Crippen molar-refractivity contribution in [2.24, 2.45) is 0 Å². The summed E-state index contributed by atoms with van der Waals surface area (Å²) in [5, 5.41) is 14.2. The van der Waals surface area contributed by atoms with Crippen LogP contribution >= 0.6 is 0 Å². The maximum Gasteiger partial charge on any atom is 0.237 e. The minimum atomic E-state index is -0.568. The fourth-order valence-electron chi connectivity index (χ4n) is 2.60. The molecule has 1 atom stereocenters. The Balaban J connectivity index is 1.98. The van der Waals surface area contributed by atoms with E-state index in [-0.39, 0.29) is 30.7 Å². The molecule has 126 valence electrons. The molecular weight excluding hydrogens is 301 g/mol. The van der Waals surface area contributed by atoms with Crippen LogP contribution in [-0.4, -0.2) is 54.1 Å². The van der Waals surface area contributed by atoms with Gasteiger partial charge in [0.15, 0.2) is 0 Å². The average Bonchev–Trinajstić information content (AvgIpc) is 2.51. The third-order valence-electron chi connectivity index (χ3n) is 3.75. The normalized spacial score (nSPS) is 18.5. The molecule has 1 aromatic carbocycles. The number of carbonyl (C=O) groups excluding carboxylic acids is 2. The van der Waals surface area contributed by atoms with Crippen molar-refractivity contribution in [3.05, 3.63) is 35.6 Å². The van der Waals surface area contributed by atoms with Gasteiger partial charge in [-0.3, -0.25) is 14.5 Å². The molecule has 0 aliphatic carbocycles. The molecule has 0 aromatic heterocycles. The molecule has 0 radical (unpaired) electrons. The average molecular weight is 323 g/mol. The molecule has 1 heterocycles. The summed E-state index contributed by atoms with van der Waals surface area (Å²) < 4.78 is 13.3. The third kappa shape index (κ3) is 5.30. The number of benzene rings is 1. The first-order chi connectivity index (χ1) is 11.1. The van der Waals surface area contributed by atoms with Gasteiger partial charge >= 0.3 is 0 Å². The predicted octanol–water partition coefficient (Wildman–Crippen LogP) is 0.0148. The van der Waals surface area contributed by atoms with Gasteiger partial charge in [0.25, 0.3) is 0 Å². The SMILES string of the molecule is O=C(C[C@H]1C(=O)NCCN1Cc1cccc(F)c1)NCCCO. The van der Waals surface area contributed by atoms with Crippen LogP contribution in [0.1, 0.15) is 18.4 Å². The number of nitrogens with zero attached hydrogens (tertiary/aromatic N) is 1. The molecule has 2 rings (SSSR count). The van der Waals surface area contributed by atoms with Crippen molar-refractivity contribution in [1.82, 2.24) is 15.5 Å². The highest BCUT2D eigenvalue weighted by molar-refractivity contribution is 5.88. The summed E-state index contributed by atoms with van der Waals surface area (Å²) in [5.41, 5.74) is 0.769. The molecule has 1 aliphatic heterocycles. The Hall–Kier alpha value is -1.99. The van der Waals surface area contributed by atoms with Gasteiger partial charge in [0.2, 0.25) is 11.8 Å². The number of carbonyl (C=O) groups is 2. The van der Waals surface area contributed by atoms with E-state index in [1.807, 2.05) is 4.90 Å². The summed E-state index contributed by atoms with van der Waals surface area (Å²) in [4.78, 5) is 25.9. The van der Waals surface area contributed by atoms with E-state index in [0.717, 1.165) is 5.56 Å². The first kappa shape index (κ1) is 17.4. The second kappa shape index (κ2) is 8.59. The summed E-state index contributed by atoms with van der Waals surface area (Å²) in [5.74, 6) is -0.739. The van der Waals surface area contributed by atoms with E-state index in [2.05, 4.69) is 10.6 Å². The van der Waals surface area contributed by atoms with Crippen LogP contribution in [0.5, 0.6) is 0 Å². The van der Waals surface area contributed by atoms with Crippen LogP contribution in [0.15, 0.2) is 24.3 Å². The van der Waals surface area contributed by atoms with Crippen LogP contribution in [0.25, 0.3) is 0 Å². The highest BCUT2D eigenvalue weighted by atomic mass is 19.1. The summed E-state index contributed by atoms with van der Waals surface area (Å²) in [6.45, 7) is 1.93. The van der Waals surface area contributed by atoms with E-state index in [1.54, 1.807) is 12.1 Å².